The van der Waals surface area contributed by atoms with Crippen LogP contribution in [0.4, 0.5) is 0 Å². The van der Waals surface area contributed by atoms with E-state index in [-0.39, 0.29) is 20.1 Å². The van der Waals surface area contributed by atoms with E-state index in [1.165, 1.54) is 21.9 Å². The third kappa shape index (κ3) is 9.31. The largest absolute Gasteiger partial charge is 3.00 e. The predicted molar refractivity (Wildman–Crippen MR) is 190 cm³/mol. The number of rotatable bonds is 7. The maximum absolute atomic E-state index is 8.41. The molecule has 0 aliphatic rings. The van der Waals surface area contributed by atoms with Crippen LogP contribution in [0.5, 0.6) is 0 Å². The van der Waals surface area contributed by atoms with Crippen molar-refractivity contribution in [1.82, 2.24) is 4.98 Å². The molecule has 3 heteroatoms. The van der Waals surface area contributed by atoms with Gasteiger partial charge in [-0.3, -0.25) is 0 Å². The first kappa shape index (κ1) is 31.1. The summed E-state index contributed by atoms with van der Waals surface area (Å²) in [4.78, 5) is 4.80. The van der Waals surface area contributed by atoms with Crippen LogP contribution in [-0.2, 0) is 26.5 Å². The summed E-state index contributed by atoms with van der Waals surface area (Å²) in [6.45, 7) is 11.7. The van der Waals surface area contributed by atoms with Crippen molar-refractivity contribution in [2.45, 2.75) is 45.8 Å². The quantitative estimate of drug-likeness (QED) is 0.116. The molecule has 0 bridgehead atoms. The molecule has 0 aliphatic carbocycles. The summed E-state index contributed by atoms with van der Waals surface area (Å²) in [6, 6.07) is 51.0. The molecule has 45 heavy (non-hydrogen) atoms. The summed E-state index contributed by atoms with van der Waals surface area (Å²) in [6.07, 6.45) is 0.583. The Morgan fingerprint density at radius 3 is 1.96 bits per heavy atom. The van der Waals surface area contributed by atoms with Crippen LogP contribution in [0.1, 0.15) is 39.2 Å². The molecular formula is C42H40IrNSi. The number of hydrogen-bond donors (Lipinski definition) is 0. The van der Waals surface area contributed by atoms with E-state index < -0.39 is 14.4 Å². The van der Waals surface area contributed by atoms with Crippen LogP contribution in [0.2, 0.25) is 19.6 Å². The maximum Gasteiger partial charge on any atom is 3.00 e. The fraction of sp³-hybridized carbons (Fsp3) is 0.167. The number of pyridine rings is 1. The van der Waals surface area contributed by atoms with Crippen LogP contribution >= 0.6 is 0 Å². The standard InChI is InChI=1S/C23H26NSi.C19H14.Ir/c1-17(2)21-15-22(24-16-23(21)25(3,4)5)20-13-9-12-19(14-20)18-10-7-6-8-11-18;1-3-8-16(9-4-1)14-17-10-7-13-19(15-17)18-11-5-2-6-12-18;/h6-12,14-17H,1-5H3;1-11,15H,14H2;/q-1;-2;+3/i;14D2;. The fourth-order valence-corrected chi connectivity index (χ4v) is 6.77. The van der Waals surface area contributed by atoms with Crippen molar-refractivity contribution >= 4 is 13.3 Å². The summed E-state index contributed by atoms with van der Waals surface area (Å²) in [5.74, 6) is 0.501. The van der Waals surface area contributed by atoms with Gasteiger partial charge in [-0.15, -0.1) is 53.1 Å². The van der Waals surface area contributed by atoms with E-state index in [1.54, 1.807) is 12.1 Å². The second-order valence-corrected chi connectivity index (χ2v) is 17.2. The van der Waals surface area contributed by atoms with Crippen LogP contribution in [0.15, 0.2) is 134 Å². The molecule has 0 amide bonds. The summed E-state index contributed by atoms with van der Waals surface area (Å²) in [5, 5.41) is 1.46. The van der Waals surface area contributed by atoms with Gasteiger partial charge < -0.3 is 4.98 Å². The second kappa shape index (κ2) is 15.9. The molecule has 0 radical (unpaired) electrons. The monoisotopic (exact) mass is 781 g/mol. The van der Waals surface area contributed by atoms with Crippen molar-refractivity contribution < 1.29 is 22.8 Å². The Kier molecular flexibility index (Phi) is 11.0. The van der Waals surface area contributed by atoms with Crippen molar-refractivity contribution in [3.05, 3.63) is 168 Å². The molecule has 0 saturated carbocycles. The van der Waals surface area contributed by atoms with Crippen molar-refractivity contribution in [1.29, 1.82) is 0 Å². The first-order valence-electron chi connectivity index (χ1n) is 16.2. The van der Waals surface area contributed by atoms with Crippen LogP contribution < -0.4 is 5.19 Å². The molecule has 1 heterocycles. The van der Waals surface area contributed by atoms with Gasteiger partial charge in [-0.1, -0.05) is 106 Å². The Morgan fingerprint density at radius 2 is 1.29 bits per heavy atom. The van der Waals surface area contributed by atoms with E-state index in [1.807, 2.05) is 72.8 Å². The first-order chi connectivity index (χ1) is 22.0. The molecule has 0 N–H and O–H groups in total. The Labute approximate surface area is 287 Å². The van der Waals surface area contributed by atoms with Gasteiger partial charge in [-0.05, 0) is 34.3 Å². The molecule has 5 aromatic carbocycles. The van der Waals surface area contributed by atoms with Crippen LogP contribution in [-0.4, -0.2) is 13.1 Å². The van der Waals surface area contributed by atoms with E-state index in [2.05, 4.69) is 100 Å². The van der Waals surface area contributed by atoms with E-state index >= 15 is 0 Å². The molecule has 1 nitrogen and oxygen atoms in total. The molecule has 6 rings (SSSR count). The van der Waals surface area contributed by atoms with Crippen LogP contribution in [0, 0.1) is 18.2 Å². The number of nitrogens with zero attached hydrogens (tertiary/aromatic N) is 1. The minimum absolute atomic E-state index is 0. The molecule has 0 saturated heterocycles. The third-order valence-electron chi connectivity index (χ3n) is 7.41. The summed E-state index contributed by atoms with van der Waals surface area (Å²) in [5.41, 5.74) is 8.99. The van der Waals surface area contributed by atoms with Crippen molar-refractivity contribution in [3.63, 3.8) is 0 Å². The average Bonchev–Trinajstić information content (AvgIpc) is 3.09. The van der Waals surface area contributed by atoms with Gasteiger partial charge in [0.1, 0.15) is 0 Å². The molecule has 0 aliphatic heterocycles. The zero-order chi connectivity index (χ0) is 32.7. The topological polar surface area (TPSA) is 12.9 Å². The van der Waals surface area contributed by atoms with Gasteiger partial charge in [0.15, 0.2) is 0 Å². The normalized spacial score (nSPS) is 11.9. The number of benzene rings is 5. The fourth-order valence-electron chi connectivity index (χ4n) is 5.10. The molecule has 0 unspecified atom stereocenters. The Balaban J connectivity index is 0.000000211. The number of aromatic nitrogens is 1. The van der Waals surface area contributed by atoms with Gasteiger partial charge >= 0.3 is 20.1 Å². The zero-order valence-corrected chi connectivity index (χ0v) is 30.0. The SMILES string of the molecule is CC(C)c1cc(-c2[c-]ccc(-c3ccccc3)c2)ncc1[Si](C)(C)C.[2H]C([2H])(c1ccccc1)c1cc[c-]c(-c2[c-]cccc2)c1.[Ir+3]. The third-order valence-corrected chi connectivity index (χ3v) is 9.45. The molecular weight excluding hydrogens is 739 g/mol. The minimum atomic E-state index is -1.53. The van der Waals surface area contributed by atoms with E-state index in [9.17, 15) is 0 Å². The van der Waals surface area contributed by atoms with E-state index in [0.29, 0.717) is 17.0 Å². The Hall–Kier alpha value is -3.88. The predicted octanol–water partition coefficient (Wildman–Crippen LogP) is 10.4. The number of hydrogen-bond acceptors (Lipinski definition) is 1. The van der Waals surface area contributed by atoms with Gasteiger partial charge in [0.05, 0.1) is 8.07 Å². The van der Waals surface area contributed by atoms with Crippen LogP contribution in [0.3, 0.4) is 0 Å². The summed E-state index contributed by atoms with van der Waals surface area (Å²) in [7, 11) is -1.40. The summed E-state index contributed by atoms with van der Waals surface area (Å²) >= 11 is 0. The van der Waals surface area contributed by atoms with Crippen molar-refractivity contribution in [2.24, 2.45) is 0 Å². The summed E-state index contributed by atoms with van der Waals surface area (Å²) < 4.78 is 16.8. The smallest absolute Gasteiger partial charge is 0.305 e. The zero-order valence-electron chi connectivity index (χ0n) is 28.6. The average molecular weight is 781 g/mol. The van der Waals surface area contributed by atoms with E-state index in [0.717, 1.165) is 22.4 Å². The Morgan fingerprint density at radius 1 is 0.644 bits per heavy atom. The van der Waals surface area contributed by atoms with Gasteiger partial charge in [-0.25, -0.2) is 11.1 Å². The van der Waals surface area contributed by atoms with Gasteiger partial charge in [0.2, 0.25) is 0 Å². The van der Waals surface area contributed by atoms with Crippen molar-refractivity contribution in [2.75, 3.05) is 0 Å². The molecule has 6 aromatic rings. The Bertz CT molecular complexity index is 1870. The molecule has 0 atom stereocenters. The second-order valence-electron chi connectivity index (χ2n) is 12.2. The molecule has 0 spiro atoms. The van der Waals surface area contributed by atoms with Crippen molar-refractivity contribution in [3.8, 4) is 33.5 Å². The minimum Gasteiger partial charge on any atom is -0.305 e. The maximum atomic E-state index is 8.41. The van der Waals surface area contributed by atoms with Gasteiger partial charge in [-0.2, -0.15) is 42.5 Å². The van der Waals surface area contributed by atoms with Crippen LogP contribution in [0.25, 0.3) is 33.5 Å². The molecule has 0 fully saturated rings. The van der Waals surface area contributed by atoms with E-state index in [4.69, 9.17) is 7.73 Å². The molecule has 1 aromatic heterocycles. The van der Waals surface area contributed by atoms with Gasteiger partial charge in [0.25, 0.3) is 0 Å². The first-order valence-corrected chi connectivity index (χ1v) is 18.7. The van der Waals surface area contributed by atoms with Gasteiger partial charge in [0, 0.05) is 8.94 Å². The molecule has 226 valence electrons.